The minimum absolute atomic E-state index is 0. The van der Waals surface area contributed by atoms with E-state index in [1.165, 1.54) is 22.3 Å². The lowest BCUT2D eigenvalue weighted by atomic mass is 9.82. The Morgan fingerprint density at radius 3 is 2.45 bits per heavy atom. The van der Waals surface area contributed by atoms with Gasteiger partial charge in [0.25, 0.3) is 6.33 Å². The highest BCUT2D eigenvalue weighted by Gasteiger charge is 2.44. The van der Waals surface area contributed by atoms with E-state index in [1.807, 2.05) is 32.9 Å². The summed E-state index contributed by atoms with van der Waals surface area (Å²) in [6.07, 6.45) is 3.16. The van der Waals surface area contributed by atoms with E-state index in [0.717, 1.165) is 22.3 Å². The van der Waals surface area contributed by atoms with Gasteiger partial charge in [-0.1, -0.05) is 26.0 Å². The largest absolute Gasteiger partial charge is 1.00 e. The number of carbonyl (C=O) groups excluding carboxylic acids is 1. The van der Waals surface area contributed by atoms with Gasteiger partial charge in [-0.2, -0.15) is 5.26 Å². The minimum Gasteiger partial charge on any atom is -1.00 e. The van der Waals surface area contributed by atoms with E-state index >= 15 is 4.39 Å². The molecule has 0 amide bonds. The maximum atomic E-state index is 15.3. The number of carbonyl (C=O) groups is 1. The fourth-order valence-electron chi connectivity index (χ4n) is 5.50. The molecule has 0 bridgehead atoms. The van der Waals surface area contributed by atoms with Crippen molar-refractivity contribution < 1.29 is 49.4 Å². The molecule has 2 aromatic heterocycles. The highest BCUT2D eigenvalue weighted by Crippen LogP contribution is 2.42. The second kappa shape index (κ2) is 15.9. The Bertz CT molecular complexity index is 1970. The third kappa shape index (κ3) is 8.42. The van der Waals surface area contributed by atoms with E-state index in [0.29, 0.717) is 47.2 Å². The molecule has 2 unspecified atom stereocenters. The molecule has 14 heteroatoms. The molecule has 0 radical (unpaired) electrons. The van der Waals surface area contributed by atoms with Crippen LogP contribution in [0.15, 0.2) is 66.6 Å². The molecule has 0 saturated heterocycles. The second-order valence-corrected chi connectivity index (χ2v) is 12.5. The van der Waals surface area contributed by atoms with Crippen LogP contribution in [0.25, 0.3) is 11.3 Å². The summed E-state index contributed by atoms with van der Waals surface area (Å²) in [6, 6.07) is 13.8. The highest BCUT2D eigenvalue weighted by atomic mass is 79.9. The van der Waals surface area contributed by atoms with E-state index in [2.05, 4.69) is 21.5 Å². The van der Waals surface area contributed by atoms with Crippen LogP contribution in [0.3, 0.4) is 0 Å². The first-order valence-corrected chi connectivity index (χ1v) is 16.1. The van der Waals surface area contributed by atoms with Gasteiger partial charge in [-0.05, 0) is 67.4 Å². The van der Waals surface area contributed by atoms with Crippen LogP contribution in [0.2, 0.25) is 0 Å². The molecule has 0 aliphatic heterocycles. The number of rotatable bonds is 12. The van der Waals surface area contributed by atoms with Gasteiger partial charge in [0.2, 0.25) is 6.33 Å². The molecule has 256 valence electrons. The number of thiazole rings is 1. The first-order valence-electron chi connectivity index (χ1n) is 15.2. The van der Waals surface area contributed by atoms with Crippen molar-refractivity contribution in [1.82, 2.24) is 20.1 Å². The predicted octanol–water partition coefficient (Wildman–Crippen LogP) is 2.46. The van der Waals surface area contributed by atoms with E-state index < -0.39 is 34.5 Å². The molecule has 0 fully saturated rings. The molecule has 0 aliphatic carbocycles. The molecule has 9 nitrogen and oxygen atoms in total. The quantitative estimate of drug-likeness (QED) is 0.0871. The van der Waals surface area contributed by atoms with Crippen molar-refractivity contribution in [1.29, 1.82) is 5.26 Å². The number of hydrogen-bond acceptors (Lipinski definition) is 8. The molecular formula is C35H34BrF3N6O3S. The SMILES string of the molecule is CCNCC(=O)Oc1c(C)cc(C[n+]2cnn(CC(O)(c3cc(F)c(F)cc3F)C(C)c3nc(-c4ccc(C#N)cc4)cs3)c2)cc1C.[Br-]. The fourth-order valence-corrected chi connectivity index (χ4v) is 6.47. The zero-order chi connectivity index (χ0) is 34.6. The molecule has 2 N–H and O–H groups in total. The zero-order valence-corrected chi connectivity index (χ0v) is 29.6. The van der Waals surface area contributed by atoms with Crippen molar-refractivity contribution in [2.45, 2.75) is 52.3 Å². The van der Waals surface area contributed by atoms with Crippen LogP contribution in [0.5, 0.6) is 5.75 Å². The van der Waals surface area contributed by atoms with Crippen LogP contribution >= 0.6 is 11.3 Å². The van der Waals surface area contributed by atoms with Gasteiger partial charge < -0.3 is 32.1 Å². The summed E-state index contributed by atoms with van der Waals surface area (Å²) in [5, 5.41) is 30.9. The third-order valence-electron chi connectivity index (χ3n) is 8.05. The van der Waals surface area contributed by atoms with Gasteiger partial charge in [-0.25, -0.2) is 22.7 Å². The summed E-state index contributed by atoms with van der Waals surface area (Å²) in [5.41, 5.74) is 1.74. The van der Waals surface area contributed by atoms with Crippen molar-refractivity contribution in [2.24, 2.45) is 0 Å². The summed E-state index contributed by atoms with van der Waals surface area (Å²) in [6.45, 7) is 8.05. The summed E-state index contributed by atoms with van der Waals surface area (Å²) in [4.78, 5) is 16.8. The number of esters is 1. The first kappa shape index (κ1) is 37.4. The van der Waals surface area contributed by atoms with Crippen LogP contribution in [-0.2, 0) is 23.5 Å². The average molecular weight is 756 g/mol. The molecule has 2 heterocycles. The number of nitriles is 1. The second-order valence-electron chi connectivity index (χ2n) is 11.6. The van der Waals surface area contributed by atoms with E-state index in [1.54, 1.807) is 47.5 Å². The predicted molar refractivity (Wildman–Crippen MR) is 173 cm³/mol. The third-order valence-corrected chi connectivity index (χ3v) is 9.08. The Labute approximate surface area is 296 Å². The van der Waals surface area contributed by atoms with Crippen molar-refractivity contribution in [3.8, 4) is 23.1 Å². The maximum Gasteiger partial charge on any atom is 0.325 e. The minimum atomic E-state index is -2.10. The molecule has 5 rings (SSSR count). The lowest BCUT2D eigenvalue weighted by Gasteiger charge is -2.32. The van der Waals surface area contributed by atoms with Gasteiger partial charge in [0.15, 0.2) is 11.6 Å². The number of likely N-dealkylation sites (N-methyl/N-ethyl adjacent to an activating group) is 1. The van der Waals surface area contributed by atoms with Crippen LogP contribution < -0.4 is 31.6 Å². The summed E-state index contributed by atoms with van der Waals surface area (Å²) in [7, 11) is 0. The number of nitrogens with one attached hydrogen (secondary N) is 1. The molecular weight excluding hydrogens is 721 g/mol. The number of nitrogens with zero attached hydrogens (tertiary/aromatic N) is 5. The molecule has 2 atom stereocenters. The van der Waals surface area contributed by atoms with Crippen LogP contribution in [0.1, 0.15) is 52.6 Å². The van der Waals surface area contributed by atoms with Gasteiger partial charge in [-0.15, -0.1) is 16.0 Å². The Balaban J connectivity index is 0.00000541. The molecule has 0 spiro atoms. The zero-order valence-electron chi connectivity index (χ0n) is 27.2. The standard InChI is InChI=1S/C35H34F3N6O3S.BrH/c1-5-40-15-32(45)47-33-21(2)10-25(11-22(33)3)16-43-19-41-44(20-43)18-35(46,27-12-29(37)30(38)13-28(27)36)23(4)34-42-31(17-48-34)26-8-6-24(14-39)7-9-26;/h6-13,17,19-20,23,40,46H,5,15-16,18H2,1-4H3;1H/q+1;/p-1. The highest BCUT2D eigenvalue weighted by molar-refractivity contribution is 7.10. The molecule has 49 heavy (non-hydrogen) atoms. The van der Waals surface area contributed by atoms with E-state index in [4.69, 9.17) is 10.00 Å². The topological polar surface area (TPSA) is 117 Å². The number of ether oxygens (including phenoxy) is 1. The summed E-state index contributed by atoms with van der Waals surface area (Å²) in [5.74, 6) is -4.55. The molecule has 0 aliphatic rings. The monoisotopic (exact) mass is 754 g/mol. The van der Waals surface area contributed by atoms with Gasteiger partial charge >= 0.3 is 5.97 Å². The number of benzene rings is 3. The molecule has 0 saturated carbocycles. The normalized spacial score (nSPS) is 12.9. The van der Waals surface area contributed by atoms with Gasteiger partial charge in [0.1, 0.15) is 23.7 Å². The van der Waals surface area contributed by atoms with Crippen molar-refractivity contribution >= 4 is 17.3 Å². The number of aromatic nitrogens is 4. The van der Waals surface area contributed by atoms with E-state index in [-0.39, 0.29) is 36.0 Å². The Morgan fingerprint density at radius 1 is 1.12 bits per heavy atom. The lowest BCUT2D eigenvalue weighted by Crippen LogP contribution is -3.00. The summed E-state index contributed by atoms with van der Waals surface area (Å²) >= 11 is 1.23. The average Bonchev–Trinajstić information content (AvgIpc) is 3.73. The van der Waals surface area contributed by atoms with Crippen molar-refractivity contribution in [3.63, 3.8) is 0 Å². The Kier molecular flexibility index (Phi) is 12.1. The van der Waals surface area contributed by atoms with E-state index in [9.17, 15) is 18.7 Å². The number of halogens is 4. The maximum absolute atomic E-state index is 15.3. The summed E-state index contributed by atoms with van der Waals surface area (Å²) < 4.78 is 52.5. The van der Waals surface area contributed by atoms with Crippen molar-refractivity contribution in [3.05, 3.63) is 117 Å². The van der Waals surface area contributed by atoms with Crippen molar-refractivity contribution in [2.75, 3.05) is 13.1 Å². The Hall–Kier alpha value is -4.42. The molecule has 5 aromatic rings. The lowest BCUT2D eigenvalue weighted by molar-refractivity contribution is -0.689. The van der Waals surface area contributed by atoms with Crippen LogP contribution in [-0.4, -0.2) is 38.9 Å². The first-order chi connectivity index (χ1) is 22.9. The number of aliphatic hydroxyl groups is 1. The van der Waals surface area contributed by atoms with Gasteiger partial charge in [0, 0.05) is 33.6 Å². The fraction of sp³-hybridized carbons (Fsp3) is 0.286. The number of aryl methyl sites for hydroxylation is 2. The molecule has 3 aromatic carbocycles. The van der Waals surface area contributed by atoms with Gasteiger partial charge in [-0.3, -0.25) is 4.79 Å². The van der Waals surface area contributed by atoms with Gasteiger partial charge in [0.05, 0.1) is 35.4 Å². The smallest absolute Gasteiger partial charge is 0.325 e. The number of hydrogen-bond donors (Lipinski definition) is 2. The van der Waals surface area contributed by atoms with Crippen LogP contribution in [0.4, 0.5) is 13.2 Å². The Morgan fingerprint density at radius 2 is 1.80 bits per heavy atom. The van der Waals surface area contributed by atoms with Crippen LogP contribution in [0, 0.1) is 42.6 Å².